The van der Waals surface area contributed by atoms with E-state index >= 15 is 0 Å². The number of benzene rings is 2. The van der Waals surface area contributed by atoms with Gasteiger partial charge >= 0.3 is 6.18 Å². The van der Waals surface area contributed by atoms with Gasteiger partial charge in [-0.3, -0.25) is 4.79 Å². The minimum Gasteiger partial charge on any atom is -0.471 e. The number of carbonyl (C=O) groups excluding carboxylic acids is 1. The first-order chi connectivity index (χ1) is 11.4. The van der Waals surface area contributed by atoms with Gasteiger partial charge in [0.2, 0.25) is 0 Å². The number of amides is 1. The Morgan fingerprint density at radius 1 is 1.17 bits per heavy atom. The van der Waals surface area contributed by atoms with Gasteiger partial charge in [-0.1, -0.05) is 29.8 Å². The number of hydrogen-bond donors (Lipinski definition) is 0. The molecule has 0 radical (unpaired) electrons. The number of carbonyl (C=O) groups is 1. The van der Waals surface area contributed by atoms with Crippen LogP contribution in [0.3, 0.4) is 0 Å². The summed E-state index contributed by atoms with van der Waals surface area (Å²) in [6, 6.07) is 10.2. The number of hydrogen-bond acceptors (Lipinski definition) is 2. The Kier molecular flexibility index (Phi) is 4.41. The monoisotopic (exact) mass is 355 g/mol. The number of fused-ring (bicyclic) bond motifs is 1. The van der Waals surface area contributed by atoms with Crippen molar-refractivity contribution in [2.75, 3.05) is 13.3 Å². The van der Waals surface area contributed by atoms with Gasteiger partial charge < -0.3 is 9.64 Å². The summed E-state index contributed by atoms with van der Waals surface area (Å²) in [5, 5.41) is -0.144. The van der Waals surface area contributed by atoms with Crippen molar-refractivity contribution in [1.82, 2.24) is 4.90 Å². The van der Waals surface area contributed by atoms with E-state index in [0.29, 0.717) is 18.5 Å². The maximum atomic E-state index is 12.6. The quantitative estimate of drug-likeness (QED) is 0.817. The first kappa shape index (κ1) is 16.6. The molecule has 0 aliphatic carbocycles. The molecule has 1 amide bonds. The Hall–Kier alpha value is -2.21. The molecule has 2 aromatic rings. The Balaban J connectivity index is 1.70. The lowest BCUT2D eigenvalue weighted by molar-refractivity contribution is -0.137. The van der Waals surface area contributed by atoms with Crippen LogP contribution in [0.4, 0.5) is 13.2 Å². The smallest absolute Gasteiger partial charge is 0.416 e. The van der Waals surface area contributed by atoms with E-state index in [9.17, 15) is 18.0 Å². The predicted molar refractivity (Wildman–Crippen MR) is 83.1 cm³/mol. The van der Waals surface area contributed by atoms with Crippen molar-refractivity contribution in [1.29, 1.82) is 0 Å². The highest BCUT2D eigenvalue weighted by Gasteiger charge is 2.31. The first-order valence-corrected chi connectivity index (χ1v) is 7.61. The second kappa shape index (κ2) is 6.36. The standard InChI is InChI=1S/C17H13ClF3NO2/c18-14-9-12(17(19,20)21)5-6-15(14)24-10-22-8-7-11-3-1-2-4-13(11)16(22)23/h1-6,9H,7-8,10H2. The summed E-state index contributed by atoms with van der Waals surface area (Å²) in [7, 11) is 0. The van der Waals surface area contributed by atoms with E-state index < -0.39 is 11.7 Å². The van der Waals surface area contributed by atoms with E-state index in [1.165, 1.54) is 4.90 Å². The van der Waals surface area contributed by atoms with E-state index in [0.717, 1.165) is 23.8 Å². The van der Waals surface area contributed by atoms with Crippen molar-refractivity contribution in [2.45, 2.75) is 12.6 Å². The van der Waals surface area contributed by atoms with Crippen molar-refractivity contribution in [2.24, 2.45) is 0 Å². The summed E-state index contributed by atoms with van der Waals surface area (Å²) in [5.41, 5.74) is 0.750. The lowest BCUT2D eigenvalue weighted by Gasteiger charge is -2.28. The molecule has 1 aliphatic heterocycles. The fourth-order valence-corrected chi connectivity index (χ4v) is 2.77. The van der Waals surface area contributed by atoms with Gasteiger partial charge in [0.1, 0.15) is 5.75 Å². The van der Waals surface area contributed by atoms with E-state index in [-0.39, 0.29) is 23.4 Å². The van der Waals surface area contributed by atoms with Gasteiger partial charge in [-0.05, 0) is 36.2 Å². The third kappa shape index (κ3) is 3.33. The minimum absolute atomic E-state index is 0.0712. The molecule has 126 valence electrons. The fraction of sp³-hybridized carbons (Fsp3) is 0.235. The van der Waals surface area contributed by atoms with Gasteiger partial charge in [0.15, 0.2) is 6.73 Å². The highest BCUT2D eigenvalue weighted by molar-refractivity contribution is 6.32. The lowest BCUT2D eigenvalue weighted by Crippen LogP contribution is -2.40. The molecule has 1 aliphatic rings. The zero-order chi connectivity index (χ0) is 17.3. The van der Waals surface area contributed by atoms with Crippen molar-refractivity contribution in [3.63, 3.8) is 0 Å². The molecule has 1 heterocycles. The van der Waals surface area contributed by atoms with Crippen LogP contribution in [0.2, 0.25) is 5.02 Å². The van der Waals surface area contributed by atoms with Gasteiger partial charge in [-0.25, -0.2) is 0 Å². The fourth-order valence-electron chi connectivity index (χ4n) is 2.54. The summed E-state index contributed by atoms with van der Waals surface area (Å²) < 4.78 is 43.3. The molecule has 0 fully saturated rings. The van der Waals surface area contributed by atoms with Crippen LogP contribution in [0.5, 0.6) is 5.75 Å². The summed E-state index contributed by atoms with van der Waals surface area (Å²) in [6.45, 7) is 0.409. The van der Waals surface area contributed by atoms with Crippen molar-refractivity contribution >= 4 is 17.5 Å². The van der Waals surface area contributed by atoms with Crippen LogP contribution in [-0.2, 0) is 12.6 Å². The average Bonchev–Trinajstić information content (AvgIpc) is 2.54. The largest absolute Gasteiger partial charge is 0.471 e. The van der Waals surface area contributed by atoms with Crippen molar-refractivity contribution < 1.29 is 22.7 Å². The van der Waals surface area contributed by atoms with E-state index in [1.54, 1.807) is 12.1 Å². The maximum absolute atomic E-state index is 12.6. The highest BCUT2D eigenvalue weighted by atomic mass is 35.5. The van der Waals surface area contributed by atoms with Crippen LogP contribution >= 0.6 is 11.6 Å². The Bertz CT molecular complexity index is 777. The number of alkyl halides is 3. The molecular formula is C17H13ClF3NO2. The van der Waals surface area contributed by atoms with Gasteiger partial charge in [-0.2, -0.15) is 13.2 Å². The Morgan fingerprint density at radius 2 is 1.92 bits per heavy atom. The van der Waals surface area contributed by atoms with Crippen LogP contribution in [0.15, 0.2) is 42.5 Å². The number of halogens is 4. The normalized spacial score (nSPS) is 14.5. The Morgan fingerprint density at radius 3 is 2.62 bits per heavy atom. The molecule has 0 saturated heterocycles. The minimum atomic E-state index is -4.46. The summed E-state index contributed by atoms with van der Waals surface area (Å²) >= 11 is 5.84. The zero-order valence-electron chi connectivity index (χ0n) is 12.4. The summed E-state index contributed by atoms with van der Waals surface area (Å²) in [5.74, 6) is -0.0591. The summed E-state index contributed by atoms with van der Waals surface area (Å²) in [4.78, 5) is 13.9. The number of ether oxygens (including phenoxy) is 1. The molecule has 24 heavy (non-hydrogen) atoms. The van der Waals surface area contributed by atoms with Crippen LogP contribution in [0.1, 0.15) is 21.5 Å². The topological polar surface area (TPSA) is 29.5 Å². The van der Waals surface area contributed by atoms with Crippen molar-refractivity contribution in [3.8, 4) is 5.75 Å². The van der Waals surface area contributed by atoms with Crippen LogP contribution < -0.4 is 4.74 Å². The molecule has 0 spiro atoms. The molecule has 7 heteroatoms. The molecule has 0 atom stereocenters. The average molecular weight is 356 g/mol. The molecule has 0 bridgehead atoms. The molecule has 2 aromatic carbocycles. The van der Waals surface area contributed by atoms with Crippen LogP contribution in [0.25, 0.3) is 0 Å². The van der Waals surface area contributed by atoms with E-state index in [4.69, 9.17) is 16.3 Å². The molecule has 3 nitrogen and oxygen atoms in total. The van der Waals surface area contributed by atoms with E-state index in [2.05, 4.69) is 0 Å². The van der Waals surface area contributed by atoms with Crippen molar-refractivity contribution in [3.05, 3.63) is 64.2 Å². The maximum Gasteiger partial charge on any atom is 0.416 e. The van der Waals surface area contributed by atoms with Crippen LogP contribution in [-0.4, -0.2) is 24.1 Å². The molecule has 0 saturated carbocycles. The van der Waals surface area contributed by atoms with Gasteiger partial charge in [0.25, 0.3) is 5.91 Å². The molecule has 3 rings (SSSR count). The number of rotatable bonds is 3. The Labute approximate surface area is 141 Å². The SMILES string of the molecule is O=C1c2ccccc2CCN1COc1ccc(C(F)(F)F)cc1Cl. The van der Waals surface area contributed by atoms with E-state index in [1.807, 2.05) is 12.1 Å². The molecule has 0 aromatic heterocycles. The van der Waals surface area contributed by atoms with Gasteiger partial charge in [0.05, 0.1) is 10.6 Å². The van der Waals surface area contributed by atoms with Gasteiger partial charge in [0, 0.05) is 12.1 Å². The second-order valence-electron chi connectivity index (χ2n) is 5.39. The third-order valence-corrected chi connectivity index (χ3v) is 4.12. The first-order valence-electron chi connectivity index (χ1n) is 7.23. The van der Waals surface area contributed by atoms with Crippen LogP contribution in [0, 0.1) is 0 Å². The predicted octanol–water partition coefficient (Wildman–Crippen LogP) is 4.39. The molecular weight excluding hydrogens is 343 g/mol. The third-order valence-electron chi connectivity index (χ3n) is 3.82. The highest BCUT2D eigenvalue weighted by Crippen LogP contribution is 2.34. The zero-order valence-corrected chi connectivity index (χ0v) is 13.2. The second-order valence-corrected chi connectivity index (χ2v) is 5.80. The number of nitrogens with zero attached hydrogens (tertiary/aromatic N) is 1. The summed E-state index contributed by atoms with van der Waals surface area (Å²) in [6.07, 6.45) is -3.76. The van der Waals surface area contributed by atoms with Gasteiger partial charge in [-0.15, -0.1) is 0 Å². The molecule has 0 unspecified atom stereocenters. The lowest BCUT2D eigenvalue weighted by atomic mass is 10.00. The molecule has 0 N–H and O–H groups in total.